The zero-order chi connectivity index (χ0) is 9.84. The Bertz CT molecular complexity index is 271. The smallest absolute Gasteiger partial charge is 0.0803 e. The molecule has 0 spiro atoms. The summed E-state index contributed by atoms with van der Waals surface area (Å²) in [5.74, 6) is 0.516. The topological polar surface area (TPSA) is 20.2 Å². The van der Waals surface area contributed by atoms with Crippen LogP contribution in [-0.2, 0) is 0 Å². The van der Waals surface area contributed by atoms with E-state index in [0.717, 1.165) is 16.5 Å². The highest BCUT2D eigenvalue weighted by molar-refractivity contribution is 9.10. The zero-order valence-corrected chi connectivity index (χ0v) is 9.58. The number of halogens is 1. The second-order valence-electron chi connectivity index (χ2n) is 3.67. The summed E-state index contributed by atoms with van der Waals surface area (Å²) in [6, 6.07) is 7.81. The summed E-state index contributed by atoms with van der Waals surface area (Å²) in [6.07, 6.45) is 0.457. The van der Waals surface area contributed by atoms with Gasteiger partial charge >= 0.3 is 0 Å². The fraction of sp³-hybridized carbons (Fsp3) is 0.455. The van der Waals surface area contributed by atoms with E-state index in [-0.39, 0.29) is 6.10 Å². The maximum atomic E-state index is 9.84. The first-order valence-corrected chi connectivity index (χ1v) is 5.33. The Balaban J connectivity index is 2.76. The van der Waals surface area contributed by atoms with Gasteiger partial charge in [-0.15, -0.1) is 0 Å². The molecule has 0 saturated carbocycles. The summed E-state index contributed by atoms with van der Waals surface area (Å²) in [4.78, 5) is 0. The molecule has 72 valence electrons. The molecule has 0 radical (unpaired) electrons. The molecule has 13 heavy (non-hydrogen) atoms. The molecule has 1 unspecified atom stereocenters. The van der Waals surface area contributed by atoms with Crippen LogP contribution in [0.3, 0.4) is 0 Å². The van der Waals surface area contributed by atoms with Crippen molar-refractivity contribution in [2.45, 2.75) is 26.4 Å². The predicted molar refractivity (Wildman–Crippen MR) is 58.6 cm³/mol. The highest BCUT2D eigenvalue weighted by Crippen LogP contribution is 2.27. The molecule has 1 aromatic carbocycles. The molecule has 0 aromatic heterocycles. The maximum absolute atomic E-state index is 9.84. The largest absolute Gasteiger partial charge is 0.388 e. The van der Waals surface area contributed by atoms with E-state index < -0.39 is 0 Å². The third kappa shape index (κ3) is 3.12. The molecule has 0 bridgehead atoms. The van der Waals surface area contributed by atoms with Gasteiger partial charge < -0.3 is 5.11 Å². The SMILES string of the molecule is CC(C)CC(O)c1ccccc1Br. The molecule has 0 saturated heterocycles. The summed E-state index contributed by atoms with van der Waals surface area (Å²) < 4.78 is 0.989. The van der Waals surface area contributed by atoms with E-state index in [9.17, 15) is 5.11 Å². The van der Waals surface area contributed by atoms with Gasteiger partial charge in [0.05, 0.1) is 6.10 Å². The fourth-order valence-electron chi connectivity index (χ4n) is 1.32. The van der Waals surface area contributed by atoms with E-state index in [0.29, 0.717) is 5.92 Å². The maximum Gasteiger partial charge on any atom is 0.0803 e. The van der Waals surface area contributed by atoms with Crippen LogP contribution in [0.4, 0.5) is 0 Å². The van der Waals surface area contributed by atoms with E-state index >= 15 is 0 Å². The van der Waals surface area contributed by atoms with Crippen molar-refractivity contribution in [3.05, 3.63) is 34.3 Å². The Kier molecular flexibility index (Phi) is 3.94. The monoisotopic (exact) mass is 242 g/mol. The van der Waals surface area contributed by atoms with Crippen molar-refractivity contribution in [3.63, 3.8) is 0 Å². The Hall–Kier alpha value is -0.340. The van der Waals surface area contributed by atoms with Crippen LogP contribution in [0.25, 0.3) is 0 Å². The lowest BCUT2D eigenvalue weighted by Crippen LogP contribution is -2.02. The van der Waals surface area contributed by atoms with Crippen LogP contribution in [0.15, 0.2) is 28.7 Å². The van der Waals surface area contributed by atoms with Crippen molar-refractivity contribution < 1.29 is 5.11 Å². The molecule has 1 atom stereocenters. The van der Waals surface area contributed by atoms with Gasteiger partial charge in [0.2, 0.25) is 0 Å². The van der Waals surface area contributed by atoms with Crippen LogP contribution in [-0.4, -0.2) is 5.11 Å². The van der Waals surface area contributed by atoms with Crippen LogP contribution >= 0.6 is 15.9 Å². The minimum absolute atomic E-state index is 0.351. The van der Waals surface area contributed by atoms with Crippen LogP contribution in [0.5, 0.6) is 0 Å². The third-order valence-electron chi connectivity index (χ3n) is 1.96. The Morgan fingerprint density at radius 1 is 1.31 bits per heavy atom. The molecule has 0 aliphatic heterocycles. The lowest BCUT2D eigenvalue weighted by molar-refractivity contribution is 0.150. The predicted octanol–water partition coefficient (Wildman–Crippen LogP) is 3.53. The molecule has 1 nitrogen and oxygen atoms in total. The number of benzene rings is 1. The van der Waals surface area contributed by atoms with Gasteiger partial charge in [-0.25, -0.2) is 0 Å². The molecule has 2 heteroatoms. The zero-order valence-electron chi connectivity index (χ0n) is 8.00. The Labute approximate surface area is 87.9 Å². The lowest BCUT2D eigenvalue weighted by Gasteiger charge is -2.14. The van der Waals surface area contributed by atoms with E-state index in [1.54, 1.807) is 0 Å². The van der Waals surface area contributed by atoms with Crippen LogP contribution in [0, 0.1) is 5.92 Å². The molecule has 0 fully saturated rings. The third-order valence-corrected chi connectivity index (χ3v) is 2.68. The fourth-order valence-corrected chi connectivity index (χ4v) is 1.87. The van der Waals surface area contributed by atoms with E-state index in [1.807, 2.05) is 24.3 Å². The van der Waals surface area contributed by atoms with Crippen LogP contribution in [0.1, 0.15) is 31.9 Å². The first-order chi connectivity index (χ1) is 6.11. The van der Waals surface area contributed by atoms with Crippen molar-refractivity contribution in [3.8, 4) is 0 Å². The minimum atomic E-state index is -0.351. The summed E-state index contributed by atoms with van der Waals surface area (Å²) >= 11 is 3.43. The van der Waals surface area contributed by atoms with Gasteiger partial charge in [0.1, 0.15) is 0 Å². The molecular weight excluding hydrogens is 228 g/mol. The van der Waals surface area contributed by atoms with Gasteiger partial charge in [-0.1, -0.05) is 48.0 Å². The molecule has 1 N–H and O–H groups in total. The first kappa shape index (κ1) is 10.7. The molecule has 1 rings (SSSR count). The van der Waals surface area contributed by atoms with E-state index in [2.05, 4.69) is 29.8 Å². The Morgan fingerprint density at radius 3 is 2.46 bits per heavy atom. The first-order valence-electron chi connectivity index (χ1n) is 4.53. The van der Waals surface area contributed by atoms with Crippen molar-refractivity contribution in [1.82, 2.24) is 0 Å². The van der Waals surface area contributed by atoms with Gasteiger partial charge in [-0.05, 0) is 24.0 Å². The summed E-state index contributed by atoms with van der Waals surface area (Å²) in [5, 5.41) is 9.84. The van der Waals surface area contributed by atoms with Gasteiger partial charge in [-0.2, -0.15) is 0 Å². The number of hydrogen-bond donors (Lipinski definition) is 1. The molecule has 0 aliphatic carbocycles. The summed E-state index contributed by atoms with van der Waals surface area (Å²) in [5.41, 5.74) is 0.983. The number of aliphatic hydroxyl groups is 1. The molecule has 1 aromatic rings. The van der Waals surface area contributed by atoms with Crippen molar-refractivity contribution in [2.75, 3.05) is 0 Å². The van der Waals surface area contributed by atoms with Gasteiger partial charge in [0.15, 0.2) is 0 Å². The number of hydrogen-bond acceptors (Lipinski definition) is 1. The molecule has 0 heterocycles. The molecule has 0 aliphatic rings. The van der Waals surface area contributed by atoms with Gasteiger partial charge in [0.25, 0.3) is 0 Å². The average molecular weight is 243 g/mol. The number of rotatable bonds is 3. The average Bonchev–Trinajstić information content (AvgIpc) is 2.03. The number of aliphatic hydroxyl groups excluding tert-OH is 1. The van der Waals surface area contributed by atoms with Crippen molar-refractivity contribution in [2.24, 2.45) is 5.92 Å². The molecule has 0 amide bonds. The van der Waals surface area contributed by atoms with Gasteiger partial charge in [0, 0.05) is 4.47 Å². The lowest BCUT2D eigenvalue weighted by atomic mass is 10.00. The molecular formula is C11H15BrO. The standard InChI is InChI=1S/C11H15BrO/c1-8(2)7-11(13)9-5-3-4-6-10(9)12/h3-6,8,11,13H,7H2,1-2H3. The van der Waals surface area contributed by atoms with Gasteiger partial charge in [-0.3, -0.25) is 0 Å². The van der Waals surface area contributed by atoms with Crippen molar-refractivity contribution >= 4 is 15.9 Å². The van der Waals surface area contributed by atoms with E-state index in [4.69, 9.17) is 0 Å². The second kappa shape index (κ2) is 4.77. The van der Waals surface area contributed by atoms with E-state index in [1.165, 1.54) is 0 Å². The normalized spacial score (nSPS) is 13.3. The minimum Gasteiger partial charge on any atom is -0.388 e. The summed E-state index contributed by atoms with van der Waals surface area (Å²) in [6.45, 7) is 4.22. The second-order valence-corrected chi connectivity index (χ2v) is 4.52. The van der Waals surface area contributed by atoms with Crippen LogP contribution in [0.2, 0.25) is 0 Å². The highest BCUT2D eigenvalue weighted by atomic mass is 79.9. The van der Waals surface area contributed by atoms with Crippen molar-refractivity contribution in [1.29, 1.82) is 0 Å². The van der Waals surface area contributed by atoms with Crippen LogP contribution < -0.4 is 0 Å². The Morgan fingerprint density at radius 2 is 1.92 bits per heavy atom. The quantitative estimate of drug-likeness (QED) is 0.860. The highest BCUT2D eigenvalue weighted by Gasteiger charge is 2.11. The summed E-state index contributed by atoms with van der Waals surface area (Å²) in [7, 11) is 0.